The number of hydrogen-bond donors (Lipinski definition) is 1. The Bertz CT molecular complexity index is 410. The third-order valence-electron chi connectivity index (χ3n) is 3.53. The van der Waals surface area contributed by atoms with Crippen LogP contribution in [0.3, 0.4) is 0 Å². The molecule has 0 amide bonds. The maximum Gasteiger partial charge on any atom is 0.337 e. The molecule has 19 heavy (non-hydrogen) atoms. The number of nitrogens with one attached hydrogen (secondary N) is 1. The first-order valence-electron chi connectivity index (χ1n) is 6.73. The van der Waals surface area contributed by atoms with Crippen molar-refractivity contribution in [1.82, 2.24) is 5.32 Å². The number of benzene rings is 1. The summed E-state index contributed by atoms with van der Waals surface area (Å²) >= 11 is 0. The maximum atomic E-state index is 11.3. The highest BCUT2D eigenvalue weighted by Gasteiger charge is 2.21. The van der Waals surface area contributed by atoms with Crippen LogP contribution >= 0.6 is 0 Å². The van der Waals surface area contributed by atoms with Crippen molar-refractivity contribution in [3.63, 3.8) is 0 Å². The van der Waals surface area contributed by atoms with E-state index in [1.807, 2.05) is 12.1 Å². The first kappa shape index (κ1) is 14.0. The number of hydrogen-bond acceptors (Lipinski definition) is 4. The Kier molecular flexibility index (Phi) is 4.93. The number of methoxy groups -OCH3 is 1. The van der Waals surface area contributed by atoms with Gasteiger partial charge < -0.3 is 14.8 Å². The summed E-state index contributed by atoms with van der Waals surface area (Å²) in [4.78, 5) is 11.3. The molecule has 1 aliphatic rings. The molecule has 1 heterocycles. The zero-order chi connectivity index (χ0) is 13.7. The zero-order valence-electron chi connectivity index (χ0n) is 11.5. The monoisotopic (exact) mass is 263 g/mol. The largest absolute Gasteiger partial charge is 0.465 e. The van der Waals surface area contributed by atoms with Gasteiger partial charge in [0.2, 0.25) is 0 Å². The van der Waals surface area contributed by atoms with E-state index < -0.39 is 0 Å². The molecule has 0 bridgehead atoms. The quantitative estimate of drug-likeness (QED) is 0.827. The summed E-state index contributed by atoms with van der Waals surface area (Å²) in [6.07, 6.45) is 2.62. The van der Waals surface area contributed by atoms with E-state index in [0.29, 0.717) is 17.7 Å². The lowest BCUT2D eigenvalue weighted by Gasteiger charge is -2.20. The number of ether oxygens (including phenoxy) is 2. The Balaban J connectivity index is 1.84. The van der Waals surface area contributed by atoms with Crippen LogP contribution in [0, 0.1) is 0 Å². The van der Waals surface area contributed by atoms with Crippen LogP contribution < -0.4 is 5.32 Å². The summed E-state index contributed by atoms with van der Waals surface area (Å²) in [6.45, 7) is 3.81. The summed E-state index contributed by atoms with van der Waals surface area (Å²) in [5, 5.41) is 3.46. The third kappa shape index (κ3) is 3.78. The molecule has 1 N–H and O–H groups in total. The Morgan fingerprint density at radius 1 is 1.47 bits per heavy atom. The molecule has 1 aromatic carbocycles. The fourth-order valence-electron chi connectivity index (χ4n) is 2.28. The van der Waals surface area contributed by atoms with Gasteiger partial charge in [-0.05, 0) is 37.5 Å². The van der Waals surface area contributed by atoms with Gasteiger partial charge in [-0.25, -0.2) is 4.79 Å². The lowest BCUT2D eigenvalue weighted by atomic mass is 10.1. The average Bonchev–Trinajstić information content (AvgIpc) is 2.98. The average molecular weight is 263 g/mol. The summed E-state index contributed by atoms with van der Waals surface area (Å²) in [5.41, 5.74) is 1.73. The van der Waals surface area contributed by atoms with Gasteiger partial charge in [-0.3, -0.25) is 0 Å². The molecule has 0 saturated carbocycles. The lowest BCUT2D eigenvalue weighted by molar-refractivity contribution is 0.0600. The predicted molar refractivity (Wildman–Crippen MR) is 73.1 cm³/mol. The normalized spacial score (nSPS) is 20.2. The standard InChI is InChI=1S/C15H21NO3/c1-11(14-4-3-9-19-14)16-10-12-5-7-13(8-6-12)15(17)18-2/h5-8,11,14,16H,3-4,9-10H2,1-2H3. The molecule has 1 fully saturated rings. The highest BCUT2D eigenvalue weighted by molar-refractivity contribution is 5.89. The second-order valence-corrected chi connectivity index (χ2v) is 4.91. The molecule has 1 saturated heterocycles. The van der Waals surface area contributed by atoms with Gasteiger partial charge in [-0.2, -0.15) is 0 Å². The summed E-state index contributed by atoms with van der Waals surface area (Å²) in [5.74, 6) is -0.299. The Morgan fingerprint density at radius 2 is 2.21 bits per heavy atom. The highest BCUT2D eigenvalue weighted by atomic mass is 16.5. The molecule has 0 radical (unpaired) electrons. The second kappa shape index (κ2) is 6.68. The first-order chi connectivity index (χ1) is 9.20. The van der Waals surface area contributed by atoms with Crippen LogP contribution in [-0.2, 0) is 16.0 Å². The van der Waals surface area contributed by atoms with E-state index in [1.54, 1.807) is 12.1 Å². The number of carbonyl (C=O) groups excluding carboxylic acids is 1. The van der Waals surface area contributed by atoms with Crippen molar-refractivity contribution in [3.8, 4) is 0 Å². The smallest absolute Gasteiger partial charge is 0.337 e. The van der Waals surface area contributed by atoms with Crippen molar-refractivity contribution in [3.05, 3.63) is 35.4 Å². The van der Waals surface area contributed by atoms with E-state index in [9.17, 15) is 4.79 Å². The van der Waals surface area contributed by atoms with E-state index in [2.05, 4.69) is 17.0 Å². The molecule has 2 atom stereocenters. The van der Waals surface area contributed by atoms with Crippen LogP contribution in [0.25, 0.3) is 0 Å². The minimum absolute atomic E-state index is 0.299. The molecule has 1 aromatic rings. The topological polar surface area (TPSA) is 47.6 Å². The van der Waals surface area contributed by atoms with Crippen molar-refractivity contribution in [2.75, 3.05) is 13.7 Å². The molecule has 4 nitrogen and oxygen atoms in total. The van der Waals surface area contributed by atoms with E-state index >= 15 is 0 Å². The van der Waals surface area contributed by atoms with Crippen LogP contribution in [0.1, 0.15) is 35.7 Å². The Morgan fingerprint density at radius 3 is 2.79 bits per heavy atom. The molecule has 4 heteroatoms. The number of rotatable bonds is 5. The molecule has 0 spiro atoms. The van der Waals surface area contributed by atoms with Crippen molar-refractivity contribution in [2.45, 2.75) is 38.5 Å². The summed E-state index contributed by atoms with van der Waals surface area (Å²) in [6, 6.07) is 7.82. The minimum atomic E-state index is -0.299. The van der Waals surface area contributed by atoms with E-state index in [4.69, 9.17) is 4.74 Å². The van der Waals surface area contributed by atoms with Gasteiger partial charge in [0.05, 0.1) is 18.8 Å². The zero-order valence-corrected chi connectivity index (χ0v) is 11.5. The van der Waals surface area contributed by atoms with Crippen LogP contribution in [0.4, 0.5) is 0 Å². The van der Waals surface area contributed by atoms with Gasteiger partial charge in [0.1, 0.15) is 0 Å². The molecular weight excluding hydrogens is 242 g/mol. The van der Waals surface area contributed by atoms with Crippen molar-refractivity contribution < 1.29 is 14.3 Å². The van der Waals surface area contributed by atoms with Crippen molar-refractivity contribution in [1.29, 1.82) is 0 Å². The lowest BCUT2D eigenvalue weighted by Crippen LogP contribution is -2.36. The van der Waals surface area contributed by atoms with Gasteiger partial charge >= 0.3 is 5.97 Å². The first-order valence-corrected chi connectivity index (χ1v) is 6.73. The molecule has 2 rings (SSSR count). The molecule has 0 aliphatic carbocycles. The Labute approximate surface area is 114 Å². The van der Waals surface area contributed by atoms with Gasteiger partial charge in [-0.1, -0.05) is 12.1 Å². The highest BCUT2D eigenvalue weighted by Crippen LogP contribution is 2.15. The molecule has 2 unspecified atom stereocenters. The number of esters is 1. The molecule has 1 aliphatic heterocycles. The van der Waals surface area contributed by atoms with Gasteiger partial charge in [0, 0.05) is 19.2 Å². The van der Waals surface area contributed by atoms with Crippen LogP contribution in [0.2, 0.25) is 0 Å². The van der Waals surface area contributed by atoms with Crippen LogP contribution in [-0.4, -0.2) is 31.8 Å². The van der Waals surface area contributed by atoms with E-state index in [1.165, 1.54) is 7.11 Å². The van der Waals surface area contributed by atoms with Crippen LogP contribution in [0.5, 0.6) is 0 Å². The fraction of sp³-hybridized carbons (Fsp3) is 0.533. The van der Waals surface area contributed by atoms with E-state index in [0.717, 1.165) is 31.6 Å². The fourth-order valence-corrected chi connectivity index (χ4v) is 2.28. The third-order valence-corrected chi connectivity index (χ3v) is 3.53. The number of carbonyl (C=O) groups is 1. The molecule has 0 aromatic heterocycles. The van der Waals surface area contributed by atoms with Gasteiger partial charge in [0.25, 0.3) is 0 Å². The predicted octanol–water partition coefficient (Wildman–Crippen LogP) is 2.13. The molecule has 104 valence electrons. The van der Waals surface area contributed by atoms with Crippen molar-refractivity contribution in [2.24, 2.45) is 0 Å². The maximum absolute atomic E-state index is 11.3. The second-order valence-electron chi connectivity index (χ2n) is 4.91. The summed E-state index contributed by atoms with van der Waals surface area (Å²) in [7, 11) is 1.39. The molecular formula is C15H21NO3. The van der Waals surface area contributed by atoms with Gasteiger partial charge in [0.15, 0.2) is 0 Å². The van der Waals surface area contributed by atoms with Crippen molar-refractivity contribution >= 4 is 5.97 Å². The van der Waals surface area contributed by atoms with Gasteiger partial charge in [-0.15, -0.1) is 0 Å². The SMILES string of the molecule is COC(=O)c1ccc(CNC(C)C2CCCO2)cc1. The van der Waals surface area contributed by atoms with Crippen LogP contribution in [0.15, 0.2) is 24.3 Å². The summed E-state index contributed by atoms with van der Waals surface area (Å²) < 4.78 is 10.3. The van der Waals surface area contributed by atoms with E-state index in [-0.39, 0.29) is 5.97 Å². The minimum Gasteiger partial charge on any atom is -0.465 e. The Hall–Kier alpha value is -1.39.